The minimum Gasteiger partial charge on any atom is -0.324 e. The first-order chi connectivity index (χ1) is 9.83. The third-order valence-electron chi connectivity index (χ3n) is 3.47. The number of nitrogens with zero attached hydrogens (tertiary/aromatic N) is 1. The van der Waals surface area contributed by atoms with E-state index < -0.39 is 10.0 Å². The molecule has 1 aliphatic heterocycles. The van der Waals surface area contributed by atoms with Crippen molar-refractivity contribution in [3.05, 3.63) is 29.8 Å². The van der Waals surface area contributed by atoms with Gasteiger partial charge >= 0.3 is 6.03 Å². The van der Waals surface area contributed by atoms with Crippen molar-refractivity contribution in [2.24, 2.45) is 0 Å². The van der Waals surface area contributed by atoms with E-state index in [1.165, 1.54) is 0 Å². The van der Waals surface area contributed by atoms with Gasteiger partial charge < -0.3 is 10.2 Å². The predicted octanol–water partition coefficient (Wildman–Crippen LogP) is 1.54. The van der Waals surface area contributed by atoms with Crippen LogP contribution in [-0.4, -0.2) is 44.7 Å². The average Bonchev–Trinajstić information content (AvgIpc) is 2.40. The normalized spacial score (nSPS) is 16.8. The summed E-state index contributed by atoms with van der Waals surface area (Å²) in [5.41, 5.74) is 1.91. The summed E-state index contributed by atoms with van der Waals surface area (Å²) in [5.74, 6) is 0. The highest BCUT2D eigenvalue weighted by Crippen LogP contribution is 2.14. The van der Waals surface area contributed by atoms with Crippen LogP contribution in [0.4, 0.5) is 10.5 Å². The van der Waals surface area contributed by atoms with Crippen LogP contribution in [-0.2, 0) is 10.0 Å². The molecule has 0 bridgehead atoms. The lowest BCUT2D eigenvalue weighted by atomic mass is 10.1. The van der Waals surface area contributed by atoms with E-state index in [-0.39, 0.29) is 12.1 Å². The molecule has 0 aliphatic carbocycles. The zero-order valence-electron chi connectivity index (χ0n) is 12.3. The van der Waals surface area contributed by atoms with E-state index >= 15 is 0 Å². The number of carbonyl (C=O) groups excluding carboxylic acids is 1. The summed E-state index contributed by atoms with van der Waals surface area (Å²) in [6.07, 6.45) is 2.42. The van der Waals surface area contributed by atoms with E-state index in [1.54, 1.807) is 4.90 Å². The van der Waals surface area contributed by atoms with Gasteiger partial charge in [-0.25, -0.2) is 17.9 Å². The first-order valence-corrected chi connectivity index (χ1v) is 8.82. The molecule has 0 unspecified atom stereocenters. The molecule has 2 N–H and O–H groups in total. The first kappa shape index (κ1) is 15.8. The molecule has 1 fully saturated rings. The summed E-state index contributed by atoms with van der Waals surface area (Å²) in [5, 5.41) is 2.85. The molecule has 1 saturated heterocycles. The lowest BCUT2D eigenvalue weighted by Crippen LogP contribution is -2.47. The number of benzene rings is 1. The molecule has 1 aliphatic rings. The molecule has 0 saturated carbocycles. The maximum absolute atomic E-state index is 12.1. The maximum atomic E-state index is 12.1. The number of anilines is 1. The monoisotopic (exact) mass is 311 g/mol. The Kier molecular flexibility index (Phi) is 4.84. The van der Waals surface area contributed by atoms with Gasteiger partial charge in [0, 0.05) is 24.8 Å². The SMILES string of the molecule is Cc1ccc(NC(=O)N2CCC(NS(C)(=O)=O)CC2)cc1. The molecular formula is C14H21N3O3S. The Balaban J connectivity index is 1.84. The molecule has 1 aromatic rings. The standard InChI is InChI=1S/C14H21N3O3S/c1-11-3-5-12(6-4-11)15-14(18)17-9-7-13(8-10-17)16-21(2,19)20/h3-6,13,16H,7-10H2,1-2H3,(H,15,18). The average molecular weight is 311 g/mol. The topological polar surface area (TPSA) is 78.5 Å². The molecule has 0 atom stereocenters. The van der Waals surface area contributed by atoms with Crippen molar-refractivity contribution in [1.82, 2.24) is 9.62 Å². The molecule has 7 heteroatoms. The smallest absolute Gasteiger partial charge is 0.321 e. The highest BCUT2D eigenvalue weighted by atomic mass is 32.2. The number of rotatable bonds is 3. The van der Waals surface area contributed by atoms with Crippen molar-refractivity contribution in [1.29, 1.82) is 0 Å². The molecule has 2 amide bonds. The van der Waals surface area contributed by atoms with Crippen LogP contribution in [0.15, 0.2) is 24.3 Å². The third-order valence-corrected chi connectivity index (χ3v) is 4.23. The molecule has 6 nitrogen and oxygen atoms in total. The van der Waals surface area contributed by atoms with E-state index in [2.05, 4.69) is 10.0 Å². The van der Waals surface area contributed by atoms with Gasteiger partial charge in [0.15, 0.2) is 0 Å². The zero-order chi connectivity index (χ0) is 15.5. The van der Waals surface area contributed by atoms with Crippen LogP contribution in [0.5, 0.6) is 0 Å². The van der Waals surface area contributed by atoms with Gasteiger partial charge in [-0.05, 0) is 31.9 Å². The van der Waals surface area contributed by atoms with Gasteiger partial charge in [-0.1, -0.05) is 17.7 Å². The number of nitrogens with one attached hydrogen (secondary N) is 2. The number of piperidine rings is 1. The number of aryl methyl sites for hydroxylation is 1. The van der Waals surface area contributed by atoms with Crippen LogP contribution < -0.4 is 10.0 Å². The molecule has 0 radical (unpaired) electrons. The Morgan fingerprint density at radius 1 is 1.19 bits per heavy atom. The van der Waals surface area contributed by atoms with Gasteiger partial charge in [-0.3, -0.25) is 0 Å². The number of hydrogen-bond donors (Lipinski definition) is 2. The van der Waals surface area contributed by atoms with Crippen molar-refractivity contribution in [2.45, 2.75) is 25.8 Å². The van der Waals surface area contributed by atoms with Crippen molar-refractivity contribution in [3.8, 4) is 0 Å². The summed E-state index contributed by atoms with van der Waals surface area (Å²) >= 11 is 0. The number of carbonyl (C=O) groups is 1. The summed E-state index contributed by atoms with van der Waals surface area (Å²) < 4.78 is 24.9. The number of likely N-dealkylation sites (tertiary alicyclic amines) is 1. The number of sulfonamides is 1. The minimum atomic E-state index is -3.18. The maximum Gasteiger partial charge on any atom is 0.321 e. The van der Waals surface area contributed by atoms with Crippen molar-refractivity contribution in [2.75, 3.05) is 24.7 Å². The summed E-state index contributed by atoms with van der Waals surface area (Å²) in [7, 11) is -3.18. The Morgan fingerprint density at radius 3 is 2.29 bits per heavy atom. The van der Waals surface area contributed by atoms with Crippen LogP contribution in [0.3, 0.4) is 0 Å². The van der Waals surface area contributed by atoms with Crippen molar-refractivity contribution < 1.29 is 13.2 Å². The zero-order valence-corrected chi connectivity index (χ0v) is 13.1. The van der Waals surface area contributed by atoms with Gasteiger partial charge in [0.05, 0.1) is 6.26 Å². The van der Waals surface area contributed by atoms with Gasteiger partial charge in [0.1, 0.15) is 0 Å². The van der Waals surface area contributed by atoms with Crippen LogP contribution in [0.2, 0.25) is 0 Å². The van der Waals surface area contributed by atoms with Gasteiger partial charge in [0.25, 0.3) is 0 Å². The van der Waals surface area contributed by atoms with Gasteiger partial charge in [-0.2, -0.15) is 0 Å². The molecule has 2 rings (SSSR count). The lowest BCUT2D eigenvalue weighted by Gasteiger charge is -2.32. The van der Waals surface area contributed by atoms with Crippen LogP contribution in [0.1, 0.15) is 18.4 Å². The van der Waals surface area contributed by atoms with E-state index in [9.17, 15) is 13.2 Å². The Morgan fingerprint density at radius 2 is 1.76 bits per heavy atom. The molecule has 1 heterocycles. The third kappa shape index (κ3) is 5.02. The van der Waals surface area contributed by atoms with Crippen LogP contribution in [0.25, 0.3) is 0 Å². The molecule has 116 valence electrons. The Labute approximate surface area is 125 Å². The fraction of sp³-hybridized carbons (Fsp3) is 0.500. The molecule has 0 aromatic heterocycles. The van der Waals surface area contributed by atoms with Gasteiger partial charge in [0.2, 0.25) is 10.0 Å². The Bertz CT molecular complexity index is 590. The van der Waals surface area contributed by atoms with Gasteiger partial charge in [-0.15, -0.1) is 0 Å². The predicted molar refractivity (Wildman–Crippen MR) is 82.8 cm³/mol. The molecule has 1 aromatic carbocycles. The highest BCUT2D eigenvalue weighted by Gasteiger charge is 2.24. The lowest BCUT2D eigenvalue weighted by molar-refractivity contribution is 0.193. The van der Waals surface area contributed by atoms with Crippen LogP contribution in [0, 0.1) is 6.92 Å². The van der Waals surface area contributed by atoms with E-state index in [0.29, 0.717) is 25.9 Å². The van der Waals surface area contributed by atoms with Crippen LogP contribution >= 0.6 is 0 Å². The second kappa shape index (κ2) is 6.44. The number of hydrogen-bond acceptors (Lipinski definition) is 3. The molecule has 21 heavy (non-hydrogen) atoms. The fourth-order valence-corrected chi connectivity index (χ4v) is 3.18. The molecule has 0 spiro atoms. The minimum absolute atomic E-state index is 0.0802. The summed E-state index contributed by atoms with van der Waals surface area (Å²) in [6, 6.07) is 7.40. The largest absolute Gasteiger partial charge is 0.324 e. The number of amides is 2. The molecular weight excluding hydrogens is 290 g/mol. The van der Waals surface area contributed by atoms with Crippen molar-refractivity contribution >= 4 is 21.7 Å². The summed E-state index contributed by atoms with van der Waals surface area (Å²) in [4.78, 5) is 13.8. The first-order valence-electron chi connectivity index (χ1n) is 6.93. The second-order valence-corrected chi connectivity index (χ2v) is 7.23. The Hall–Kier alpha value is -1.60. The fourth-order valence-electron chi connectivity index (χ4n) is 2.34. The summed E-state index contributed by atoms with van der Waals surface area (Å²) in [6.45, 7) is 3.08. The van der Waals surface area contributed by atoms with Crippen molar-refractivity contribution in [3.63, 3.8) is 0 Å². The number of urea groups is 1. The quantitative estimate of drug-likeness (QED) is 0.889. The van der Waals surface area contributed by atoms with E-state index in [4.69, 9.17) is 0 Å². The van der Waals surface area contributed by atoms with E-state index in [0.717, 1.165) is 17.5 Å². The van der Waals surface area contributed by atoms with E-state index in [1.807, 2.05) is 31.2 Å². The second-order valence-electron chi connectivity index (χ2n) is 5.45. The highest BCUT2D eigenvalue weighted by molar-refractivity contribution is 7.88.